The molecule has 1 heterocycles. The normalized spacial score (nSPS) is 15.2. The second kappa shape index (κ2) is 8.79. The van der Waals surface area contributed by atoms with Crippen molar-refractivity contribution in [3.05, 3.63) is 48.5 Å². The van der Waals surface area contributed by atoms with E-state index in [-0.39, 0.29) is 30.7 Å². The van der Waals surface area contributed by atoms with Crippen LogP contribution in [0.4, 0.5) is 11.4 Å². The molecule has 0 bridgehead atoms. The Morgan fingerprint density at radius 1 is 1.18 bits per heavy atom. The van der Waals surface area contributed by atoms with Gasteiger partial charge in [-0.3, -0.25) is 14.4 Å². The Morgan fingerprint density at radius 3 is 2.61 bits per heavy atom. The summed E-state index contributed by atoms with van der Waals surface area (Å²) in [5, 5.41) is 5.03. The zero-order valence-corrected chi connectivity index (χ0v) is 16.4. The number of carbonyl (C=O) groups excluding carboxylic acids is 3. The molecule has 0 saturated heterocycles. The van der Waals surface area contributed by atoms with Crippen LogP contribution in [0.15, 0.2) is 53.4 Å². The number of fused-ring (bicyclic) bond motifs is 1. The lowest BCUT2D eigenvalue weighted by Gasteiger charge is -2.25. The van der Waals surface area contributed by atoms with Gasteiger partial charge in [-0.15, -0.1) is 11.8 Å². The molecule has 0 radical (unpaired) electrons. The van der Waals surface area contributed by atoms with Crippen LogP contribution in [0.2, 0.25) is 0 Å². The van der Waals surface area contributed by atoms with Crippen LogP contribution in [-0.2, 0) is 14.4 Å². The number of benzene rings is 2. The minimum Gasteiger partial charge on any atom is -0.497 e. The van der Waals surface area contributed by atoms with E-state index < -0.39 is 5.25 Å². The van der Waals surface area contributed by atoms with Gasteiger partial charge in [0, 0.05) is 24.1 Å². The van der Waals surface area contributed by atoms with E-state index in [1.807, 2.05) is 24.3 Å². The zero-order chi connectivity index (χ0) is 20.1. The van der Waals surface area contributed by atoms with E-state index in [0.717, 1.165) is 10.6 Å². The van der Waals surface area contributed by atoms with Gasteiger partial charge in [-0.2, -0.15) is 0 Å². The second-order valence-corrected chi connectivity index (χ2v) is 7.57. The van der Waals surface area contributed by atoms with Gasteiger partial charge in [0.05, 0.1) is 24.6 Å². The Bertz CT molecular complexity index is 885. The fourth-order valence-electron chi connectivity index (χ4n) is 2.72. The van der Waals surface area contributed by atoms with Gasteiger partial charge in [0.2, 0.25) is 17.7 Å². The van der Waals surface area contributed by atoms with Crippen molar-refractivity contribution in [3.63, 3.8) is 0 Å². The molecular weight excluding hydrogens is 378 g/mol. The minimum atomic E-state index is -0.519. The molecule has 146 valence electrons. The molecule has 0 fully saturated rings. The van der Waals surface area contributed by atoms with Crippen molar-refractivity contribution in [2.45, 2.75) is 16.6 Å². The van der Waals surface area contributed by atoms with Gasteiger partial charge in [-0.1, -0.05) is 12.1 Å². The number of ether oxygens (including phenoxy) is 1. The molecule has 2 N–H and O–H groups in total. The Kier molecular flexibility index (Phi) is 6.20. The molecule has 28 heavy (non-hydrogen) atoms. The number of anilines is 2. The van der Waals surface area contributed by atoms with Gasteiger partial charge in [0.25, 0.3) is 0 Å². The summed E-state index contributed by atoms with van der Waals surface area (Å²) < 4.78 is 5.07. The van der Waals surface area contributed by atoms with Gasteiger partial charge in [-0.05, 0) is 36.4 Å². The SMILES string of the molecule is COc1ccc(NC(=O)CN(C)C(=O)C[C@H]2Sc3ccccc3NC2=O)cc1. The number of para-hydroxylation sites is 1. The summed E-state index contributed by atoms with van der Waals surface area (Å²) in [6.07, 6.45) is 0.0250. The highest BCUT2D eigenvalue weighted by Gasteiger charge is 2.30. The number of rotatable bonds is 6. The summed E-state index contributed by atoms with van der Waals surface area (Å²) >= 11 is 1.36. The summed E-state index contributed by atoms with van der Waals surface area (Å²) in [7, 11) is 3.12. The average molecular weight is 399 g/mol. The topological polar surface area (TPSA) is 87.7 Å². The van der Waals surface area contributed by atoms with Crippen LogP contribution in [0.5, 0.6) is 5.75 Å². The van der Waals surface area contributed by atoms with E-state index in [1.54, 1.807) is 38.4 Å². The van der Waals surface area contributed by atoms with Crippen LogP contribution in [0.1, 0.15) is 6.42 Å². The van der Waals surface area contributed by atoms with Gasteiger partial charge >= 0.3 is 0 Å². The summed E-state index contributed by atoms with van der Waals surface area (Å²) in [4.78, 5) is 39.2. The van der Waals surface area contributed by atoms with Crippen molar-refractivity contribution >= 4 is 40.9 Å². The van der Waals surface area contributed by atoms with Crippen LogP contribution < -0.4 is 15.4 Å². The number of hydrogen-bond acceptors (Lipinski definition) is 5. The van der Waals surface area contributed by atoms with Gasteiger partial charge in [0.15, 0.2) is 0 Å². The molecule has 0 unspecified atom stereocenters. The number of nitrogens with zero attached hydrogens (tertiary/aromatic N) is 1. The predicted molar refractivity (Wildman–Crippen MR) is 109 cm³/mol. The highest BCUT2D eigenvalue weighted by atomic mass is 32.2. The Hall–Kier alpha value is -3.00. The Morgan fingerprint density at radius 2 is 1.89 bits per heavy atom. The van der Waals surface area contributed by atoms with Crippen molar-refractivity contribution < 1.29 is 19.1 Å². The lowest BCUT2D eigenvalue weighted by atomic mass is 10.2. The minimum absolute atomic E-state index is 0.0250. The van der Waals surface area contributed by atoms with Crippen molar-refractivity contribution in [1.29, 1.82) is 0 Å². The van der Waals surface area contributed by atoms with Crippen LogP contribution in [0, 0.1) is 0 Å². The first-order valence-corrected chi connectivity index (χ1v) is 9.58. The standard InChI is InChI=1S/C20H21N3O4S/c1-23(12-18(24)21-13-7-9-14(27-2)10-8-13)19(25)11-17-20(26)22-15-5-3-4-6-16(15)28-17/h3-10,17H,11-12H2,1-2H3,(H,21,24)(H,22,26)/t17-/m1/s1. The third-order valence-corrected chi connectivity index (χ3v) is 5.52. The number of carbonyl (C=O) groups is 3. The molecule has 0 saturated carbocycles. The maximum absolute atomic E-state index is 12.5. The van der Waals surface area contributed by atoms with Gasteiger partial charge < -0.3 is 20.3 Å². The smallest absolute Gasteiger partial charge is 0.243 e. The molecule has 0 aromatic heterocycles. The fraction of sp³-hybridized carbons (Fsp3) is 0.250. The number of likely N-dealkylation sites (N-methyl/N-ethyl adjacent to an activating group) is 1. The van der Waals surface area contributed by atoms with Crippen molar-refractivity contribution in [3.8, 4) is 5.75 Å². The van der Waals surface area contributed by atoms with Gasteiger partial charge in [0.1, 0.15) is 5.75 Å². The number of nitrogens with one attached hydrogen (secondary N) is 2. The van der Waals surface area contributed by atoms with E-state index in [2.05, 4.69) is 10.6 Å². The van der Waals surface area contributed by atoms with Crippen molar-refractivity contribution in [2.24, 2.45) is 0 Å². The van der Waals surface area contributed by atoms with Gasteiger partial charge in [-0.25, -0.2) is 0 Å². The average Bonchev–Trinajstić information content (AvgIpc) is 2.69. The summed E-state index contributed by atoms with van der Waals surface area (Å²) in [5.74, 6) is -0.0905. The largest absolute Gasteiger partial charge is 0.497 e. The molecule has 1 atom stereocenters. The Labute approximate surface area is 167 Å². The lowest BCUT2D eigenvalue weighted by Crippen LogP contribution is -2.39. The first-order chi connectivity index (χ1) is 13.5. The molecule has 8 heteroatoms. The quantitative estimate of drug-likeness (QED) is 0.780. The highest BCUT2D eigenvalue weighted by Crippen LogP contribution is 2.36. The molecular formula is C20H21N3O4S. The Balaban J connectivity index is 1.52. The zero-order valence-electron chi connectivity index (χ0n) is 15.6. The molecule has 0 spiro atoms. The lowest BCUT2D eigenvalue weighted by molar-refractivity contribution is -0.134. The highest BCUT2D eigenvalue weighted by molar-refractivity contribution is 8.01. The summed E-state index contributed by atoms with van der Waals surface area (Å²) in [5.41, 5.74) is 1.37. The molecule has 2 aromatic rings. The van der Waals surface area contributed by atoms with E-state index in [1.165, 1.54) is 16.7 Å². The molecule has 3 amide bonds. The first kappa shape index (κ1) is 19.8. The van der Waals surface area contributed by atoms with E-state index >= 15 is 0 Å². The first-order valence-electron chi connectivity index (χ1n) is 8.70. The monoisotopic (exact) mass is 399 g/mol. The molecule has 3 rings (SSSR count). The molecule has 7 nitrogen and oxygen atoms in total. The number of amides is 3. The fourth-order valence-corrected chi connectivity index (χ4v) is 3.82. The number of thioether (sulfide) groups is 1. The van der Waals surface area contributed by atoms with Crippen LogP contribution >= 0.6 is 11.8 Å². The molecule has 1 aliphatic rings. The third kappa shape index (κ3) is 4.83. The van der Waals surface area contributed by atoms with Crippen LogP contribution in [-0.4, -0.2) is 48.6 Å². The van der Waals surface area contributed by atoms with E-state index in [9.17, 15) is 14.4 Å². The second-order valence-electron chi connectivity index (χ2n) is 6.32. The third-order valence-electron chi connectivity index (χ3n) is 4.25. The van der Waals surface area contributed by atoms with Crippen LogP contribution in [0.3, 0.4) is 0 Å². The molecule has 1 aliphatic heterocycles. The number of hydrogen-bond donors (Lipinski definition) is 2. The maximum Gasteiger partial charge on any atom is 0.243 e. The van der Waals surface area contributed by atoms with Crippen molar-refractivity contribution in [2.75, 3.05) is 31.3 Å². The predicted octanol–water partition coefficient (Wildman–Crippen LogP) is 2.60. The molecule has 2 aromatic carbocycles. The van der Waals surface area contributed by atoms with E-state index in [4.69, 9.17) is 4.74 Å². The van der Waals surface area contributed by atoms with Crippen molar-refractivity contribution in [1.82, 2.24) is 4.90 Å². The molecule has 0 aliphatic carbocycles. The van der Waals surface area contributed by atoms with Crippen LogP contribution in [0.25, 0.3) is 0 Å². The number of methoxy groups -OCH3 is 1. The summed E-state index contributed by atoms with van der Waals surface area (Å²) in [6, 6.07) is 14.4. The summed E-state index contributed by atoms with van der Waals surface area (Å²) in [6.45, 7) is -0.0968. The maximum atomic E-state index is 12.5. The van der Waals surface area contributed by atoms with E-state index in [0.29, 0.717) is 11.4 Å².